The smallest absolute Gasteiger partial charge is 0.417 e. The lowest BCUT2D eigenvalue weighted by Crippen LogP contribution is -2.12. The first-order valence-electron chi connectivity index (χ1n) is 6.60. The standard InChI is InChI=1S/C14H9F6NO4/c15-13(16,17)5-3-7(14(18,19)20)10-6(1-2-9(22)23)11(12(24)25)21-8(10)4-5/h3-4,21H,1-2H2,(H,22,23)(H,24,25). The van der Waals surface area contributed by atoms with E-state index in [-0.39, 0.29) is 6.07 Å². The molecule has 0 amide bonds. The predicted octanol–water partition coefficient (Wildman–Crippen LogP) is 3.92. The molecule has 0 spiro atoms. The Bertz CT molecular complexity index is 850. The molecule has 5 nitrogen and oxygen atoms in total. The summed E-state index contributed by atoms with van der Waals surface area (Å²) in [7, 11) is 0. The van der Waals surface area contributed by atoms with Crippen molar-refractivity contribution in [3.05, 3.63) is 34.5 Å². The molecule has 1 aromatic carbocycles. The van der Waals surface area contributed by atoms with Gasteiger partial charge in [-0.3, -0.25) is 4.79 Å². The van der Waals surface area contributed by atoms with Gasteiger partial charge in [-0.05, 0) is 24.1 Å². The summed E-state index contributed by atoms with van der Waals surface area (Å²) in [5.74, 6) is -3.11. The number of fused-ring (bicyclic) bond motifs is 1. The third kappa shape index (κ3) is 3.69. The van der Waals surface area contributed by atoms with Crippen LogP contribution >= 0.6 is 0 Å². The number of rotatable bonds is 4. The van der Waals surface area contributed by atoms with Crippen LogP contribution in [0.25, 0.3) is 10.9 Å². The molecule has 0 aliphatic carbocycles. The first-order valence-corrected chi connectivity index (χ1v) is 6.60. The molecule has 25 heavy (non-hydrogen) atoms. The molecule has 11 heteroatoms. The van der Waals surface area contributed by atoms with Crippen molar-refractivity contribution in [3.63, 3.8) is 0 Å². The molecule has 0 unspecified atom stereocenters. The lowest BCUT2D eigenvalue weighted by Gasteiger charge is -2.14. The number of alkyl halides is 6. The van der Waals surface area contributed by atoms with Gasteiger partial charge >= 0.3 is 24.3 Å². The summed E-state index contributed by atoms with van der Waals surface area (Å²) in [4.78, 5) is 23.9. The summed E-state index contributed by atoms with van der Waals surface area (Å²) >= 11 is 0. The largest absolute Gasteiger partial charge is 0.481 e. The highest BCUT2D eigenvalue weighted by molar-refractivity contribution is 5.99. The van der Waals surface area contributed by atoms with Crippen molar-refractivity contribution < 1.29 is 46.1 Å². The molecule has 136 valence electrons. The zero-order chi connectivity index (χ0) is 19.2. The number of carbonyl (C=O) groups is 2. The number of H-pyrrole nitrogens is 1. The van der Waals surface area contributed by atoms with Crippen LogP contribution in [0.5, 0.6) is 0 Å². The van der Waals surface area contributed by atoms with Crippen LogP contribution in [0.1, 0.15) is 33.6 Å². The number of hydrogen-bond donors (Lipinski definition) is 3. The molecule has 1 heterocycles. The first-order chi connectivity index (χ1) is 11.3. The van der Waals surface area contributed by atoms with E-state index in [1.165, 1.54) is 0 Å². The minimum atomic E-state index is -5.20. The molecule has 2 rings (SSSR count). The molecule has 0 atom stereocenters. The third-order valence-electron chi connectivity index (χ3n) is 3.44. The fraction of sp³-hybridized carbons (Fsp3) is 0.286. The first kappa shape index (κ1) is 18.6. The average Bonchev–Trinajstić information content (AvgIpc) is 2.80. The highest BCUT2D eigenvalue weighted by atomic mass is 19.4. The number of aromatic amines is 1. The predicted molar refractivity (Wildman–Crippen MR) is 71.2 cm³/mol. The number of aromatic carboxylic acids is 1. The van der Waals surface area contributed by atoms with Crippen LogP contribution in [0, 0.1) is 0 Å². The molecule has 0 saturated carbocycles. The summed E-state index contributed by atoms with van der Waals surface area (Å²) in [5.41, 5.74) is -5.25. The van der Waals surface area contributed by atoms with Gasteiger partial charge in [0.25, 0.3) is 0 Å². The number of benzene rings is 1. The van der Waals surface area contributed by atoms with Crippen molar-refractivity contribution in [2.45, 2.75) is 25.2 Å². The second-order valence-corrected chi connectivity index (χ2v) is 5.12. The average molecular weight is 369 g/mol. The number of aliphatic carboxylic acids is 1. The molecule has 0 aliphatic rings. The summed E-state index contributed by atoms with van der Waals surface area (Å²) < 4.78 is 78.2. The number of carboxylic acid groups (broad SMARTS) is 2. The quantitative estimate of drug-likeness (QED) is 0.713. The minimum Gasteiger partial charge on any atom is -0.481 e. The Hall–Kier alpha value is -2.72. The monoisotopic (exact) mass is 369 g/mol. The van der Waals surface area contributed by atoms with Gasteiger partial charge in [0.05, 0.1) is 11.1 Å². The van der Waals surface area contributed by atoms with Crippen LogP contribution in [-0.4, -0.2) is 27.1 Å². The van der Waals surface area contributed by atoms with Gasteiger partial charge in [-0.25, -0.2) is 4.79 Å². The second kappa shape index (κ2) is 5.97. The SMILES string of the molecule is O=C(O)CCc1c(C(=O)O)[nH]c2cc(C(F)(F)F)cc(C(F)(F)F)c12. The minimum absolute atomic E-state index is 0.119. The molecule has 2 aromatic rings. The molecule has 0 fully saturated rings. The highest BCUT2D eigenvalue weighted by Gasteiger charge is 2.39. The van der Waals surface area contributed by atoms with Gasteiger partial charge in [-0.15, -0.1) is 0 Å². The van der Waals surface area contributed by atoms with Crippen LogP contribution in [0.15, 0.2) is 12.1 Å². The number of halogens is 6. The van der Waals surface area contributed by atoms with Crippen molar-refractivity contribution in [3.8, 4) is 0 Å². The Kier molecular flexibility index (Phi) is 4.45. The summed E-state index contributed by atoms with van der Waals surface area (Å²) in [6.07, 6.45) is -11.6. The van der Waals surface area contributed by atoms with Crippen molar-refractivity contribution in [2.24, 2.45) is 0 Å². The van der Waals surface area contributed by atoms with Gasteiger partial charge in [0.2, 0.25) is 0 Å². The van der Waals surface area contributed by atoms with E-state index in [2.05, 4.69) is 0 Å². The van der Waals surface area contributed by atoms with Crippen LogP contribution in [-0.2, 0) is 23.6 Å². The van der Waals surface area contributed by atoms with Crippen molar-refractivity contribution in [1.29, 1.82) is 0 Å². The second-order valence-electron chi connectivity index (χ2n) is 5.12. The number of carboxylic acids is 2. The van der Waals surface area contributed by atoms with Crippen LogP contribution in [0.3, 0.4) is 0 Å². The Morgan fingerprint density at radius 1 is 1.00 bits per heavy atom. The van der Waals surface area contributed by atoms with E-state index in [1.54, 1.807) is 0 Å². The van der Waals surface area contributed by atoms with E-state index in [4.69, 9.17) is 10.2 Å². The Balaban J connectivity index is 2.87. The number of aryl methyl sites for hydroxylation is 1. The van der Waals surface area contributed by atoms with E-state index in [0.717, 1.165) is 0 Å². The van der Waals surface area contributed by atoms with Crippen LogP contribution in [0.4, 0.5) is 26.3 Å². The Morgan fingerprint density at radius 3 is 2.04 bits per heavy atom. The van der Waals surface area contributed by atoms with E-state index < -0.39 is 70.4 Å². The molecular formula is C14H9F6NO4. The van der Waals surface area contributed by atoms with E-state index in [9.17, 15) is 35.9 Å². The van der Waals surface area contributed by atoms with E-state index in [1.807, 2.05) is 4.98 Å². The van der Waals surface area contributed by atoms with E-state index >= 15 is 0 Å². The Labute approximate surface area is 134 Å². The molecule has 0 radical (unpaired) electrons. The van der Waals surface area contributed by atoms with Crippen LogP contribution in [0.2, 0.25) is 0 Å². The van der Waals surface area contributed by atoms with Crippen molar-refractivity contribution >= 4 is 22.8 Å². The fourth-order valence-corrected chi connectivity index (χ4v) is 2.45. The fourth-order valence-electron chi connectivity index (χ4n) is 2.45. The maximum absolute atomic E-state index is 13.2. The summed E-state index contributed by atoms with van der Waals surface area (Å²) in [5, 5.41) is 17.0. The normalized spacial score (nSPS) is 12.6. The van der Waals surface area contributed by atoms with Gasteiger partial charge in [0, 0.05) is 17.3 Å². The molecule has 0 aliphatic heterocycles. The molecule has 0 bridgehead atoms. The molecular weight excluding hydrogens is 360 g/mol. The zero-order valence-corrected chi connectivity index (χ0v) is 12.0. The molecule has 3 N–H and O–H groups in total. The third-order valence-corrected chi connectivity index (χ3v) is 3.44. The lowest BCUT2D eigenvalue weighted by molar-refractivity contribution is -0.142. The zero-order valence-electron chi connectivity index (χ0n) is 12.0. The topological polar surface area (TPSA) is 90.4 Å². The Morgan fingerprint density at radius 2 is 1.60 bits per heavy atom. The van der Waals surface area contributed by atoms with Gasteiger partial charge in [0.1, 0.15) is 5.69 Å². The summed E-state index contributed by atoms with van der Waals surface area (Å²) in [6.45, 7) is 0. The number of nitrogens with one attached hydrogen (secondary N) is 1. The summed E-state index contributed by atoms with van der Waals surface area (Å²) in [6, 6.07) is 0.243. The maximum atomic E-state index is 13.2. The highest BCUT2D eigenvalue weighted by Crippen LogP contribution is 2.42. The van der Waals surface area contributed by atoms with Crippen molar-refractivity contribution in [2.75, 3.05) is 0 Å². The van der Waals surface area contributed by atoms with Gasteiger partial charge < -0.3 is 15.2 Å². The van der Waals surface area contributed by atoms with Gasteiger partial charge in [-0.2, -0.15) is 26.3 Å². The molecule has 0 saturated heterocycles. The number of hydrogen-bond acceptors (Lipinski definition) is 2. The molecule has 1 aromatic heterocycles. The van der Waals surface area contributed by atoms with Crippen molar-refractivity contribution in [1.82, 2.24) is 4.98 Å². The maximum Gasteiger partial charge on any atom is 0.417 e. The lowest BCUT2D eigenvalue weighted by atomic mass is 9.98. The number of aromatic nitrogens is 1. The van der Waals surface area contributed by atoms with Crippen LogP contribution < -0.4 is 0 Å². The van der Waals surface area contributed by atoms with E-state index in [0.29, 0.717) is 6.07 Å². The van der Waals surface area contributed by atoms with Gasteiger partial charge in [0.15, 0.2) is 0 Å². The van der Waals surface area contributed by atoms with Gasteiger partial charge in [-0.1, -0.05) is 0 Å².